The van der Waals surface area contributed by atoms with E-state index in [2.05, 4.69) is 20.0 Å². The first-order valence-corrected chi connectivity index (χ1v) is 13.4. The lowest BCUT2D eigenvalue weighted by atomic mass is 9.85. The highest BCUT2D eigenvalue weighted by atomic mass is 32.2. The third-order valence-corrected chi connectivity index (χ3v) is 8.09. The Labute approximate surface area is 201 Å². The number of hydrogen-bond donors (Lipinski definition) is 2. The number of nitrogens with one attached hydrogen (secondary N) is 2. The zero-order valence-electron chi connectivity index (χ0n) is 19.5. The summed E-state index contributed by atoms with van der Waals surface area (Å²) in [5.74, 6) is 0.801. The summed E-state index contributed by atoms with van der Waals surface area (Å²) in [6.07, 6.45) is 5.79. The monoisotopic (exact) mass is 478 g/mol. The van der Waals surface area contributed by atoms with E-state index in [9.17, 15) is 8.42 Å². The Morgan fingerprint density at radius 2 is 1.68 bits per heavy atom. The molecule has 5 rings (SSSR count). The fourth-order valence-corrected chi connectivity index (χ4v) is 6.00. The largest absolute Gasteiger partial charge is 0.472 e. The summed E-state index contributed by atoms with van der Waals surface area (Å²) in [4.78, 5) is 9.24. The highest BCUT2D eigenvalue weighted by Crippen LogP contribution is 2.33. The van der Waals surface area contributed by atoms with Crippen LogP contribution in [-0.2, 0) is 10.0 Å². The molecule has 1 aliphatic heterocycles. The van der Waals surface area contributed by atoms with Crippen molar-refractivity contribution in [2.75, 3.05) is 16.6 Å². The molecule has 1 aromatic heterocycles. The molecule has 1 fully saturated rings. The topological polar surface area (TPSA) is 93.2 Å². The van der Waals surface area contributed by atoms with E-state index < -0.39 is 10.0 Å². The molecule has 1 atom stereocenters. The van der Waals surface area contributed by atoms with Crippen LogP contribution in [0.1, 0.15) is 43.2 Å². The minimum atomic E-state index is -3.87. The third kappa shape index (κ3) is 4.73. The van der Waals surface area contributed by atoms with Crippen LogP contribution in [0.25, 0.3) is 11.3 Å². The average molecular weight is 479 g/mol. The van der Waals surface area contributed by atoms with Crippen LogP contribution in [0.5, 0.6) is 5.88 Å². The van der Waals surface area contributed by atoms with Crippen molar-refractivity contribution >= 4 is 21.7 Å². The van der Waals surface area contributed by atoms with E-state index in [-0.39, 0.29) is 16.9 Å². The van der Waals surface area contributed by atoms with Gasteiger partial charge >= 0.3 is 0 Å². The zero-order valence-corrected chi connectivity index (χ0v) is 20.4. The maximum Gasteiger partial charge on any atom is 0.264 e. The number of rotatable bonds is 2. The average Bonchev–Trinajstić information content (AvgIpc) is 2.81. The van der Waals surface area contributed by atoms with E-state index in [1.807, 2.05) is 44.2 Å². The van der Waals surface area contributed by atoms with Gasteiger partial charge in [0, 0.05) is 17.3 Å². The van der Waals surface area contributed by atoms with Gasteiger partial charge in [0.25, 0.3) is 10.0 Å². The van der Waals surface area contributed by atoms with Gasteiger partial charge in [0.1, 0.15) is 6.10 Å². The van der Waals surface area contributed by atoms with Crippen LogP contribution in [0, 0.1) is 19.8 Å². The van der Waals surface area contributed by atoms with Crippen molar-refractivity contribution in [3.63, 3.8) is 0 Å². The van der Waals surface area contributed by atoms with Crippen LogP contribution in [-0.4, -0.2) is 31.0 Å². The normalized spacial score (nSPS) is 20.1. The molecular formula is C26H30N4O3S. The molecule has 8 heteroatoms. The Bertz CT molecular complexity index is 1280. The fourth-order valence-electron chi connectivity index (χ4n) is 5.01. The van der Waals surface area contributed by atoms with E-state index >= 15 is 0 Å². The maximum absolute atomic E-state index is 13.1. The summed E-state index contributed by atoms with van der Waals surface area (Å²) in [6.45, 7) is 4.61. The van der Waals surface area contributed by atoms with E-state index in [0.717, 1.165) is 35.2 Å². The van der Waals surface area contributed by atoms with Crippen molar-refractivity contribution in [1.82, 2.24) is 9.97 Å². The Balaban J connectivity index is 1.63. The molecule has 0 amide bonds. The molecular weight excluding hydrogens is 448 g/mol. The number of aromatic nitrogens is 2. The quantitative estimate of drug-likeness (QED) is 0.518. The van der Waals surface area contributed by atoms with Crippen molar-refractivity contribution in [3.8, 4) is 17.1 Å². The first kappa shape index (κ1) is 22.7. The molecule has 2 heterocycles. The van der Waals surface area contributed by atoms with Crippen LogP contribution in [0.3, 0.4) is 0 Å². The second-order valence-corrected chi connectivity index (χ2v) is 10.9. The molecule has 1 saturated carbocycles. The van der Waals surface area contributed by atoms with Crippen LogP contribution in [0.15, 0.2) is 53.4 Å². The van der Waals surface area contributed by atoms with E-state index in [4.69, 9.17) is 4.74 Å². The fraction of sp³-hybridized carbons (Fsp3) is 0.385. The number of hydrogen-bond acceptors (Lipinski definition) is 6. The molecule has 0 spiro atoms. The van der Waals surface area contributed by atoms with Gasteiger partial charge in [-0.1, -0.05) is 43.5 Å². The molecule has 0 radical (unpaired) electrons. The van der Waals surface area contributed by atoms with Crippen molar-refractivity contribution in [1.29, 1.82) is 0 Å². The first-order chi connectivity index (χ1) is 16.4. The third-order valence-electron chi connectivity index (χ3n) is 6.77. The number of sulfonamides is 1. The van der Waals surface area contributed by atoms with Gasteiger partial charge in [-0.25, -0.2) is 18.1 Å². The molecule has 2 N–H and O–H groups in total. The number of nitrogens with zero attached hydrogens (tertiary/aromatic N) is 2. The van der Waals surface area contributed by atoms with Gasteiger partial charge in [-0.2, -0.15) is 4.98 Å². The second kappa shape index (κ2) is 9.25. The van der Waals surface area contributed by atoms with E-state index in [1.54, 1.807) is 18.2 Å². The predicted molar refractivity (Wildman–Crippen MR) is 134 cm³/mol. The minimum absolute atomic E-state index is 0.0106. The molecule has 1 unspecified atom stereocenters. The van der Waals surface area contributed by atoms with Gasteiger partial charge in [-0.05, 0) is 61.9 Å². The first-order valence-electron chi connectivity index (χ1n) is 11.9. The Kier molecular flexibility index (Phi) is 6.16. The highest BCUT2D eigenvalue weighted by molar-refractivity contribution is 7.92. The predicted octanol–water partition coefficient (Wildman–Crippen LogP) is 5.31. The molecule has 3 aromatic rings. The second-order valence-electron chi connectivity index (χ2n) is 9.25. The SMILES string of the molecule is Cc1cccc(C)c1-c1cc2nc(n1)NS(=O)(=O)c1cccc(c1)NCC(C1CCCCC1)O2. The Hall–Kier alpha value is -3.13. The smallest absolute Gasteiger partial charge is 0.264 e. The number of ether oxygens (including phenoxy) is 1. The maximum atomic E-state index is 13.1. The van der Waals surface area contributed by atoms with Crippen LogP contribution in [0.4, 0.5) is 11.6 Å². The van der Waals surface area contributed by atoms with Crippen LogP contribution < -0.4 is 14.8 Å². The van der Waals surface area contributed by atoms with Gasteiger partial charge in [0.15, 0.2) is 0 Å². The zero-order chi connectivity index (χ0) is 23.7. The van der Waals surface area contributed by atoms with Crippen molar-refractivity contribution < 1.29 is 13.2 Å². The van der Waals surface area contributed by atoms with Gasteiger partial charge in [-0.15, -0.1) is 0 Å². The van der Waals surface area contributed by atoms with Gasteiger partial charge < -0.3 is 10.1 Å². The summed E-state index contributed by atoms with van der Waals surface area (Å²) in [6, 6.07) is 14.7. The molecule has 0 saturated heterocycles. The molecule has 2 aliphatic rings. The summed E-state index contributed by atoms with van der Waals surface area (Å²) < 4.78 is 35.3. The molecule has 178 valence electrons. The lowest BCUT2D eigenvalue weighted by Crippen LogP contribution is -2.35. The lowest BCUT2D eigenvalue weighted by molar-refractivity contribution is 0.113. The van der Waals surface area contributed by atoms with Crippen molar-refractivity contribution in [3.05, 3.63) is 59.7 Å². The summed E-state index contributed by atoms with van der Waals surface area (Å²) in [5, 5.41) is 3.40. The molecule has 2 aromatic carbocycles. The Morgan fingerprint density at radius 3 is 2.44 bits per heavy atom. The standard InChI is InChI=1S/C26H30N4O3S/c1-17-8-6-9-18(2)25(17)22-15-24-29-26(28-22)30-34(31,32)21-13-7-12-20(14-21)27-16-23(33-24)19-10-4-3-5-11-19/h6-9,12-15,19,23,27H,3-5,10-11,16H2,1-2H3,(H,28,29,30). The van der Waals surface area contributed by atoms with Crippen LogP contribution >= 0.6 is 0 Å². The highest BCUT2D eigenvalue weighted by Gasteiger charge is 2.27. The number of anilines is 2. The number of benzene rings is 2. The molecule has 4 bridgehead atoms. The summed E-state index contributed by atoms with van der Waals surface area (Å²) >= 11 is 0. The van der Waals surface area contributed by atoms with E-state index in [0.29, 0.717) is 24.0 Å². The van der Waals surface area contributed by atoms with Crippen molar-refractivity contribution in [2.24, 2.45) is 5.92 Å². The van der Waals surface area contributed by atoms with E-state index in [1.165, 1.54) is 19.3 Å². The van der Waals surface area contributed by atoms with Gasteiger partial charge in [0.05, 0.1) is 17.1 Å². The molecule has 1 aliphatic carbocycles. The number of aryl methyl sites for hydroxylation is 2. The van der Waals surface area contributed by atoms with Gasteiger partial charge in [0.2, 0.25) is 11.8 Å². The summed E-state index contributed by atoms with van der Waals surface area (Å²) in [7, 11) is -3.87. The van der Waals surface area contributed by atoms with Gasteiger partial charge in [-0.3, -0.25) is 0 Å². The number of fused-ring (bicyclic) bond motifs is 4. The Morgan fingerprint density at radius 1 is 0.941 bits per heavy atom. The molecule has 7 nitrogen and oxygen atoms in total. The molecule has 34 heavy (non-hydrogen) atoms. The minimum Gasteiger partial charge on any atom is -0.472 e. The van der Waals surface area contributed by atoms with Crippen LogP contribution in [0.2, 0.25) is 0 Å². The summed E-state index contributed by atoms with van der Waals surface area (Å²) in [5.41, 5.74) is 4.44. The lowest BCUT2D eigenvalue weighted by Gasteiger charge is -2.31. The van der Waals surface area contributed by atoms with Crippen molar-refractivity contribution in [2.45, 2.75) is 57.0 Å².